The molecule has 1 unspecified atom stereocenters. The number of piperidine rings is 1. The van der Waals surface area contributed by atoms with E-state index in [0.717, 1.165) is 49.3 Å². The van der Waals surface area contributed by atoms with Gasteiger partial charge in [0.15, 0.2) is 11.5 Å². The van der Waals surface area contributed by atoms with Crippen molar-refractivity contribution in [3.63, 3.8) is 0 Å². The topological polar surface area (TPSA) is 59.0 Å². The maximum absolute atomic E-state index is 11.4. The van der Waals surface area contributed by atoms with Gasteiger partial charge < -0.3 is 14.6 Å². The third-order valence-electron chi connectivity index (χ3n) is 4.05. The van der Waals surface area contributed by atoms with Crippen LogP contribution in [0.5, 0.6) is 11.5 Å². The molecule has 5 heteroatoms. The zero-order valence-electron chi connectivity index (χ0n) is 14.1. The molecule has 0 radical (unpaired) electrons. The molecule has 2 rings (SSSR count). The monoisotopic (exact) mass is 321 g/mol. The van der Waals surface area contributed by atoms with Gasteiger partial charge in [0, 0.05) is 6.54 Å². The summed E-state index contributed by atoms with van der Waals surface area (Å²) in [6.07, 6.45) is 3.72. The first-order valence-electron chi connectivity index (χ1n) is 8.51. The molecule has 0 amide bonds. The standard InChI is InChI=1S/C18H27NO4/c1-3-11-23-16-9-8-14(12-17(16)22-4-2)13-19-10-6-5-7-15(19)18(20)21/h8-9,12,15H,3-7,10-11,13H2,1-2H3,(H,20,21). The Bertz CT molecular complexity index is 518. The number of carboxylic acids is 1. The van der Waals surface area contributed by atoms with Crippen LogP contribution in [0.2, 0.25) is 0 Å². The van der Waals surface area contributed by atoms with Gasteiger partial charge in [0.2, 0.25) is 0 Å². The van der Waals surface area contributed by atoms with Crippen molar-refractivity contribution in [2.24, 2.45) is 0 Å². The predicted octanol–water partition coefficient (Wildman–Crippen LogP) is 3.31. The van der Waals surface area contributed by atoms with Crippen molar-refractivity contribution in [2.45, 2.75) is 52.1 Å². The second-order valence-corrected chi connectivity index (χ2v) is 5.88. The third-order valence-corrected chi connectivity index (χ3v) is 4.05. The van der Waals surface area contributed by atoms with E-state index >= 15 is 0 Å². The summed E-state index contributed by atoms with van der Waals surface area (Å²) in [6.45, 7) is 6.71. The summed E-state index contributed by atoms with van der Waals surface area (Å²) in [6, 6.07) is 5.52. The van der Waals surface area contributed by atoms with Crippen molar-refractivity contribution >= 4 is 5.97 Å². The summed E-state index contributed by atoms with van der Waals surface area (Å²) in [5.74, 6) is 0.769. The molecule has 0 bridgehead atoms. The molecule has 0 aliphatic carbocycles. The van der Waals surface area contributed by atoms with Crippen LogP contribution in [-0.4, -0.2) is 41.8 Å². The van der Waals surface area contributed by atoms with E-state index in [1.54, 1.807) is 0 Å². The van der Waals surface area contributed by atoms with Crippen molar-refractivity contribution in [2.75, 3.05) is 19.8 Å². The Morgan fingerprint density at radius 2 is 2.09 bits per heavy atom. The highest BCUT2D eigenvalue weighted by atomic mass is 16.5. The largest absolute Gasteiger partial charge is 0.490 e. The summed E-state index contributed by atoms with van der Waals surface area (Å²) >= 11 is 0. The van der Waals surface area contributed by atoms with Crippen molar-refractivity contribution in [1.29, 1.82) is 0 Å². The molecule has 0 saturated carbocycles. The fourth-order valence-corrected chi connectivity index (χ4v) is 2.94. The van der Waals surface area contributed by atoms with Gasteiger partial charge in [0.25, 0.3) is 0 Å². The zero-order valence-corrected chi connectivity index (χ0v) is 14.1. The summed E-state index contributed by atoms with van der Waals surface area (Å²) in [5.41, 5.74) is 1.06. The molecule has 5 nitrogen and oxygen atoms in total. The fourth-order valence-electron chi connectivity index (χ4n) is 2.94. The Kier molecular flexibility index (Phi) is 6.71. The molecule has 0 spiro atoms. The minimum absolute atomic E-state index is 0.379. The lowest BCUT2D eigenvalue weighted by Gasteiger charge is -2.33. The Hall–Kier alpha value is -1.75. The third kappa shape index (κ3) is 4.86. The number of benzene rings is 1. The number of likely N-dealkylation sites (tertiary alicyclic amines) is 1. The smallest absolute Gasteiger partial charge is 0.320 e. The van der Waals surface area contributed by atoms with E-state index in [9.17, 15) is 9.90 Å². The van der Waals surface area contributed by atoms with Gasteiger partial charge in [0.05, 0.1) is 13.2 Å². The van der Waals surface area contributed by atoms with Gasteiger partial charge in [0.1, 0.15) is 6.04 Å². The van der Waals surface area contributed by atoms with E-state index in [-0.39, 0.29) is 6.04 Å². The minimum atomic E-state index is -0.724. The van der Waals surface area contributed by atoms with Crippen LogP contribution in [0.25, 0.3) is 0 Å². The molecule has 128 valence electrons. The van der Waals surface area contributed by atoms with Crippen LogP contribution in [0.1, 0.15) is 45.1 Å². The van der Waals surface area contributed by atoms with Crippen LogP contribution in [0.3, 0.4) is 0 Å². The number of hydrogen-bond acceptors (Lipinski definition) is 4. The van der Waals surface area contributed by atoms with Crippen molar-refractivity contribution in [3.05, 3.63) is 23.8 Å². The van der Waals surface area contributed by atoms with Gasteiger partial charge >= 0.3 is 5.97 Å². The maximum Gasteiger partial charge on any atom is 0.320 e. The molecule has 1 aliphatic heterocycles. The number of rotatable bonds is 8. The van der Waals surface area contributed by atoms with Crippen LogP contribution in [0.15, 0.2) is 18.2 Å². The first kappa shape index (κ1) is 17.6. The predicted molar refractivity (Wildman–Crippen MR) is 89.1 cm³/mol. The minimum Gasteiger partial charge on any atom is -0.490 e. The van der Waals surface area contributed by atoms with Gasteiger partial charge in [-0.15, -0.1) is 0 Å². The van der Waals surface area contributed by atoms with E-state index in [4.69, 9.17) is 9.47 Å². The van der Waals surface area contributed by atoms with Crippen molar-refractivity contribution in [1.82, 2.24) is 4.90 Å². The number of aliphatic carboxylic acids is 1. The summed E-state index contributed by atoms with van der Waals surface area (Å²) in [7, 11) is 0. The van der Waals surface area contributed by atoms with Gasteiger partial charge in [-0.1, -0.05) is 19.4 Å². The molecular weight excluding hydrogens is 294 g/mol. The number of nitrogens with zero attached hydrogens (tertiary/aromatic N) is 1. The molecule has 1 heterocycles. The summed E-state index contributed by atoms with van der Waals surface area (Å²) in [4.78, 5) is 13.5. The molecular formula is C18H27NO4. The van der Waals surface area contributed by atoms with Crippen LogP contribution in [-0.2, 0) is 11.3 Å². The fraction of sp³-hybridized carbons (Fsp3) is 0.611. The van der Waals surface area contributed by atoms with Gasteiger partial charge in [-0.2, -0.15) is 0 Å². The SMILES string of the molecule is CCCOc1ccc(CN2CCCCC2C(=O)O)cc1OCC. The lowest BCUT2D eigenvalue weighted by Crippen LogP contribution is -2.43. The average molecular weight is 321 g/mol. The lowest BCUT2D eigenvalue weighted by atomic mass is 10.0. The molecule has 23 heavy (non-hydrogen) atoms. The lowest BCUT2D eigenvalue weighted by molar-refractivity contribution is -0.144. The van der Waals surface area contributed by atoms with Crippen LogP contribution < -0.4 is 9.47 Å². The molecule has 0 aromatic heterocycles. The second kappa shape index (κ2) is 8.77. The molecule has 1 saturated heterocycles. The zero-order chi connectivity index (χ0) is 16.7. The molecule has 1 fully saturated rings. The van der Waals surface area contributed by atoms with E-state index in [0.29, 0.717) is 19.8 Å². The Labute approximate surface area is 138 Å². The van der Waals surface area contributed by atoms with E-state index in [1.165, 1.54) is 0 Å². The van der Waals surface area contributed by atoms with Crippen molar-refractivity contribution in [3.8, 4) is 11.5 Å². The van der Waals surface area contributed by atoms with Crippen molar-refractivity contribution < 1.29 is 19.4 Å². The average Bonchev–Trinajstić information content (AvgIpc) is 2.55. The molecule has 1 aromatic rings. The van der Waals surface area contributed by atoms with Crippen LogP contribution in [0, 0.1) is 0 Å². The highest BCUT2D eigenvalue weighted by molar-refractivity contribution is 5.73. The van der Waals surface area contributed by atoms with Crippen LogP contribution in [0.4, 0.5) is 0 Å². The van der Waals surface area contributed by atoms with Gasteiger partial charge in [-0.05, 0) is 50.4 Å². The van der Waals surface area contributed by atoms with Crippen LogP contribution >= 0.6 is 0 Å². The first-order chi connectivity index (χ1) is 11.2. The summed E-state index contributed by atoms with van der Waals surface area (Å²) in [5, 5.41) is 9.38. The van der Waals surface area contributed by atoms with E-state index in [2.05, 4.69) is 6.92 Å². The highest BCUT2D eigenvalue weighted by Gasteiger charge is 2.28. The van der Waals surface area contributed by atoms with Gasteiger partial charge in [-0.3, -0.25) is 9.69 Å². The Morgan fingerprint density at radius 3 is 2.78 bits per heavy atom. The number of hydrogen-bond donors (Lipinski definition) is 1. The maximum atomic E-state index is 11.4. The quantitative estimate of drug-likeness (QED) is 0.796. The second-order valence-electron chi connectivity index (χ2n) is 5.88. The molecule has 1 aliphatic rings. The van der Waals surface area contributed by atoms with E-state index in [1.807, 2.05) is 30.0 Å². The number of ether oxygens (including phenoxy) is 2. The number of carbonyl (C=O) groups is 1. The highest BCUT2D eigenvalue weighted by Crippen LogP contribution is 2.30. The number of carboxylic acid groups (broad SMARTS) is 1. The molecule has 1 atom stereocenters. The Morgan fingerprint density at radius 1 is 1.26 bits per heavy atom. The molecule has 1 N–H and O–H groups in total. The Balaban J connectivity index is 2.12. The van der Waals surface area contributed by atoms with Gasteiger partial charge in [-0.25, -0.2) is 0 Å². The van der Waals surface area contributed by atoms with E-state index < -0.39 is 5.97 Å². The first-order valence-corrected chi connectivity index (χ1v) is 8.51. The summed E-state index contributed by atoms with van der Waals surface area (Å²) < 4.78 is 11.4. The molecule has 1 aromatic carbocycles. The normalized spacial score (nSPS) is 18.6.